The Labute approximate surface area is 115 Å². The van der Waals surface area contributed by atoms with Crippen LogP contribution in [0.3, 0.4) is 0 Å². The van der Waals surface area contributed by atoms with E-state index < -0.39 is 11.8 Å². The highest BCUT2D eigenvalue weighted by molar-refractivity contribution is 9.10. The number of nitrogens with one attached hydrogen (secondary N) is 2. The number of halogens is 2. The molecule has 0 aliphatic carbocycles. The van der Waals surface area contributed by atoms with Gasteiger partial charge in [0, 0.05) is 18.4 Å². The van der Waals surface area contributed by atoms with Crippen LogP contribution < -0.4 is 10.2 Å². The molecule has 0 saturated carbocycles. The van der Waals surface area contributed by atoms with Crippen LogP contribution in [0.5, 0.6) is 0 Å². The monoisotopic (exact) mass is 326 g/mol. The average Bonchev–Trinajstić information content (AvgIpc) is 2.73. The molecule has 98 valence electrons. The van der Waals surface area contributed by atoms with Crippen molar-refractivity contribution in [2.24, 2.45) is 0 Å². The number of aromatic amines is 1. The fourth-order valence-corrected chi connectivity index (χ4v) is 2.31. The summed E-state index contributed by atoms with van der Waals surface area (Å²) in [6.45, 7) is 0.225. The number of rotatable bonds is 1. The Morgan fingerprint density at radius 3 is 2.89 bits per heavy atom. The first-order valence-electron chi connectivity index (χ1n) is 5.51. The van der Waals surface area contributed by atoms with E-state index in [9.17, 15) is 14.0 Å². The normalized spacial score (nSPS) is 16.0. The van der Waals surface area contributed by atoms with Gasteiger partial charge in [-0.2, -0.15) is 5.10 Å². The minimum absolute atomic E-state index is 0.194. The van der Waals surface area contributed by atoms with Crippen LogP contribution in [-0.4, -0.2) is 28.7 Å². The van der Waals surface area contributed by atoms with E-state index in [0.717, 1.165) is 0 Å². The van der Waals surface area contributed by atoms with Crippen LogP contribution in [0.25, 0.3) is 10.9 Å². The zero-order chi connectivity index (χ0) is 13.6. The second kappa shape index (κ2) is 4.30. The van der Waals surface area contributed by atoms with Crippen LogP contribution in [0.1, 0.15) is 6.42 Å². The number of amides is 3. The molecule has 2 heterocycles. The summed E-state index contributed by atoms with van der Waals surface area (Å²) < 4.78 is 13.9. The Kier molecular flexibility index (Phi) is 2.74. The number of imide groups is 1. The highest BCUT2D eigenvalue weighted by Gasteiger charge is 2.27. The second-order valence-electron chi connectivity index (χ2n) is 4.11. The molecule has 0 unspecified atom stereocenters. The molecule has 0 spiro atoms. The summed E-state index contributed by atoms with van der Waals surface area (Å²) in [7, 11) is 0. The second-order valence-corrected chi connectivity index (χ2v) is 4.97. The predicted octanol–water partition coefficient (Wildman–Crippen LogP) is 1.91. The molecule has 1 saturated heterocycles. The first-order chi connectivity index (χ1) is 9.06. The molecule has 3 rings (SSSR count). The zero-order valence-electron chi connectivity index (χ0n) is 9.54. The van der Waals surface area contributed by atoms with E-state index in [1.807, 2.05) is 0 Å². The summed E-state index contributed by atoms with van der Waals surface area (Å²) >= 11 is 3.08. The highest BCUT2D eigenvalue weighted by atomic mass is 79.9. The van der Waals surface area contributed by atoms with E-state index in [1.165, 1.54) is 11.0 Å². The van der Waals surface area contributed by atoms with Crippen LogP contribution >= 0.6 is 15.9 Å². The van der Waals surface area contributed by atoms with Gasteiger partial charge in [0.25, 0.3) is 0 Å². The van der Waals surface area contributed by atoms with Gasteiger partial charge in [-0.15, -0.1) is 0 Å². The minimum Gasteiger partial charge on any atom is -0.278 e. The standard InChI is InChI=1S/C11H8BrFN4O2/c12-6-4-8-5(3-7(6)13)10(16-15-8)17-2-1-9(18)14-11(17)19/h3-4H,1-2H2,(H,15,16)(H,14,18,19). The number of hydrogen-bond acceptors (Lipinski definition) is 3. The smallest absolute Gasteiger partial charge is 0.278 e. The summed E-state index contributed by atoms with van der Waals surface area (Å²) in [5.41, 5.74) is 0.605. The Morgan fingerprint density at radius 1 is 1.37 bits per heavy atom. The summed E-state index contributed by atoms with van der Waals surface area (Å²) in [5, 5.41) is 9.44. The first kappa shape index (κ1) is 12.1. The van der Waals surface area contributed by atoms with Crippen molar-refractivity contribution in [3.8, 4) is 0 Å². The number of urea groups is 1. The predicted molar refractivity (Wildman–Crippen MR) is 69.3 cm³/mol. The summed E-state index contributed by atoms with van der Waals surface area (Å²) in [6.07, 6.45) is 0.194. The molecule has 0 bridgehead atoms. The number of nitrogens with zero attached hydrogens (tertiary/aromatic N) is 2. The molecule has 1 aliphatic heterocycles. The van der Waals surface area contributed by atoms with Gasteiger partial charge in [-0.25, -0.2) is 9.18 Å². The summed E-state index contributed by atoms with van der Waals surface area (Å²) in [6, 6.07) is 2.30. The van der Waals surface area contributed by atoms with E-state index in [1.54, 1.807) is 6.07 Å². The topological polar surface area (TPSA) is 78.1 Å². The lowest BCUT2D eigenvalue weighted by Gasteiger charge is -2.24. The molecule has 6 nitrogen and oxygen atoms in total. The minimum atomic E-state index is -0.548. The lowest BCUT2D eigenvalue weighted by Crippen LogP contribution is -2.49. The van der Waals surface area contributed by atoms with Crippen molar-refractivity contribution in [1.29, 1.82) is 0 Å². The highest BCUT2D eigenvalue weighted by Crippen LogP contribution is 2.29. The average molecular weight is 327 g/mol. The quantitative estimate of drug-likeness (QED) is 0.840. The maximum absolute atomic E-state index is 13.6. The molecule has 0 atom stereocenters. The van der Waals surface area contributed by atoms with E-state index in [-0.39, 0.29) is 18.9 Å². The Morgan fingerprint density at radius 2 is 2.16 bits per heavy atom. The van der Waals surface area contributed by atoms with Crippen molar-refractivity contribution in [3.05, 3.63) is 22.4 Å². The van der Waals surface area contributed by atoms with E-state index in [0.29, 0.717) is 21.2 Å². The maximum atomic E-state index is 13.6. The maximum Gasteiger partial charge on any atom is 0.329 e. The van der Waals surface area contributed by atoms with E-state index in [4.69, 9.17) is 0 Å². The third-order valence-electron chi connectivity index (χ3n) is 2.89. The van der Waals surface area contributed by atoms with Gasteiger partial charge in [0.2, 0.25) is 5.91 Å². The Hall–Kier alpha value is -1.96. The molecule has 2 N–H and O–H groups in total. The van der Waals surface area contributed by atoms with Crippen molar-refractivity contribution in [3.63, 3.8) is 0 Å². The van der Waals surface area contributed by atoms with Crippen molar-refractivity contribution >= 4 is 44.6 Å². The van der Waals surface area contributed by atoms with Crippen LogP contribution in [0, 0.1) is 5.82 Å². The van der Waals surface area contributed by atoms with Gasteiger partial charge in [0.1, 0.15) is 5.82 Å². The molecule has 8 heteroatoms. The third kappa shape index (κ3) is 1.97. The molecule has 3 amide bonds. The van der Waals surface area contributed by atoms with Crippen LogP contribution in [0.15, 0.2) is 16.6 Å². The van der Waals surface area contributed by atoms with Gasteiger partial charge in [-0.3, -0.25) is 20.1 Å². The molecule has 0 radical (unpaired) electrons. The first-order valence-corrected chi connectivity index (χ1v) is 6.30. The fraction of sp³-hybridized carbons (Fsp3) is 0.182. The molecule has 19 heavy (non-hydrogen) atoms. The van der Waals surface area contributed by atoms with Gasteiger partial charge in [-0.1, -0.05) is 0 Å². The van der Waals surface area contributed by atoms with Gasteiger partial charge < -0.3 is 0 Å². The van der Waals surface area contributed by atoms with Gasteiger partial charge in [0.05, 0.1) is 9.99 Å². The summed E-state index contributed by atoms with van der Waals surface area (Å²) in [5.74, 6) is -0.454. The SMILES string of the molecule is O=C1CCN(c2n[nH]c3cc(Br)c(F)cc23)C(=O)N1. The lowest BCUT2D eigenvalue weighted by atomic mass is 10.2. The lowest BCUT2D eigenvalue weighted by molar-refractivity contribution is -0.120. The number of anilines is 1. The molecular weight excluding hydrogens is 319 g/mol. The molecule has 1 fully saturated rings. The van der Waals surface area contributed by atoms with Gasteiger partial charge in [0.15, 0.2) is 5.82 Å². The van der Waals surface area contributed by atoms with Gasteiger partial charge >= 0.3 is 6.03 Å². The van der Waals surface area contributed by atoms with Crippen molar-refractivity contribution in [1.82, 2.24) is 15.5 Å². The van der Waals surface area contributed by atoms with Gasteiger partial charge in [-0.05, 0) is 28.1 Å². The molecule has 2 aromatic rings. The largest absolute Gasteiger partial charge is 0.329 e. The number of carbonyl (C=O) groups excluding carboxylic acids is 2. The Balaban J connectivity index is 2.08. The number of benzene rings is 1. The molecular formula is C11H8BrFN4O2. The molecule has 1 aromatic carbocycles. The van der Waals surface area contributed by atoms with Crippen LogP contribution in [0.4, 0.5) is 15.0 Å². The third-order valence-corrected chi connectivity index (χ3v) is 3.50. The number of H-pyrrole nitrogens is 1. The van der Waals surface area contributed by atoms with Crippen molar-refractivity contribution < 1.29 is 14.0 Å². The molecule has 1 aromatic heterocycles. The summed E-state index contributed by atoms with van der Waals surface area (Å²) in [4.78, 5) is 24.1. The zero-order valence-corrected chi connectivity index (χ0v) is 11.1. The van der Waals surface area contributed by atoms with Crippen LogP contribution in [0.2, 0.25) is 0 Å². The fourth-order valence-electron chi connectivity index (χ4n) is 1.97. The Bertz CT molecular complexity index is 699. The number of aromatic nitrogens is 2. The van der Waals surface area contributed by atoms with Crippen molar-refractivity contribution in [2.75, 3.05) is 11.4 Å². The number of fused-ring (bicyclic) bond motifs is 1. The molecule has 1 aliphatic rings. The number of carbonyl (C=O) groups is 2. The van der Waals surface area contributed by atoms with Crippen molar-refractivity contribution in [2.45, 2.75) is 6.42 Å². The number of hydrogen-bond donors (Lipinski definition) is 2. The van der Waals surface area contributed by atoms with E-state index in [2.05, 4.69) is 31.4 Å². The van der Waals surface area contributed by atoms with Crippen LogP contribution in [-0.2, 0) is 4.79 Å². The van der Waals surface area contributed by atoms with E-state index >= 15 is 0 Å².